The molecule has 0 radical (unpaired) electrons. The Morgan fingerprint density at radius 2 is 0.397 bits per heavy atom. The molecule has 0 fully saturated rings. The van der Waals surface area contributed by atoms with E-state index in [0.717, 1.165) is 127 Å². The largest absolute Gasteiger partial charge is 0.309 e. The molecule has 0 aliphatic carbocycles. The van der Waals surface area contributed by atoms with E-state index in [-0.39, 0.29) is 0 Å². The molecule has 0 saturated carbocycles. The van der Waals surface area contributed by atoms with Crippen LogP contribution in [-0.4, -0.2) is 38.2 Å². The van der Waals surface area contributed by atoms with Gasteiger partial charge in [-0.2, -0.15) is 0 Å². The average molecular weight is 1600 g/mol. The van der Waals surface area contributed by atoms with E-state index in [9.17, 15) is 0 Å². The molecule has 126 heavy (non-hydrogen) atoms. The first-order valence-electron chi connectivity index (χ1n) is 43.0. The zero-order chi connectivity index (χ0) is 82.9. The minimum Gasteiger partial charge on any atom is -0.309 e. The van der Waals surface area contributed by atoms with Gasteiger partial charge in [0.15, 0.2) is 0 Å². The minimum atomic E-state index is 0.637. The van der Waals surface area contributed by atoms with E-state index in [4.69, 9.17) is 19.9 Å². The quantitative estimate of drug-likeness (QED) is 0.129. The molecule has 0 N–H and O–H groups in total. The molecule has 6 heterocycles. The van der Waals surface area contributed by atoms with E-state index in [0.29, 0.717) is 11.9 Å². The smallest absolute Gasteiger partial charge is 0.235 e. The van der Waals surface area contributed by atoms with E-state index in [1.807, 2.05) is 0 Å². The molecule has 6 aromatic heterocycles. The zero-order valence-electron chi connectivity index (χ0n) is 68.3. The third kappa shape index (κ3) is 11.9. The molecular weight excluding hydrogens is 1530 g/mol. The number of benzene rings is 20. The van der Waals surface area contributed by atoms with Gasteiger partial charge in [0.2, 0.25) is 11.9 Å². The second-order valence-corrected chi connectivity index (χ2v) is 32.7. The van der Waals surface area contributed by atoms with Crippen molar-refractivity contribution in [3.8, 4) is 102 Å². The first-order chi connectivity index (χ1) is 62.5. The number of rotatable bonds is 11. The van der Waals surface area contributed by atoms with Crippen molar-refractivity contribution in [1.82, 2.24) is 38.2 Å². The lowest BCUT2D eigenvalue weighted by Crippen LogP contribution is -2.04. The van der Waals surface area contributed by atoms with Crippen LogP contribution in [0.2, 0.25) is 0 Å². The Kier molecular flexibility index (Phi) is 16.8. The molecular formula is C118H74N8. The van der Waals surface area contributed by atoms with Crippen LogP contribution in [0.25, 0.3) is 243 Å². The monoisotopic (exact) mass is 1600 g/mol. The highest BCUT2D eigenvalue weighted by Crippen LogP contribution is 2.45. The number of hydrogen-bond acceptors (Lipinski definition) is 4. The van der Waals surface area contributed by atoms with Crippen LogP contribution in [0.15, 0.2) is 449 Å². The molecule has 8 heteroatoms. The lowest BCUT2D eigenvalue weighted by atomic mass is 9.99. The van der Waals surface area contributed by atoms with Gasteiger partial charge < -0.3 is 9.13 Å². The summed E-state index contributed by atoms with van der Waals surface area (Å²) in [6.45, 7) is 0. The Morgan fingerprint density at radius 3 is 0.778 bits per heavy atom. The first-order valence-corrected chi connectivity index (χ1v) is 43.0. The summed E-state index contributed by atoms with van der Waals surface area (Å²) in [5.74, 6) is 1.28. The van der Waals surface area contributed by atoms with Gasteiger partial charge in [-0.25, -0.2) is 19.9 Å². The van der Waals surface area contributed by atoms with Crippen molar-refractivity contribution in [2.24, 2.45) is 0 Å². The molecule has 0 aliphatic heterocycles. The van der Waals surface area contributed by atoms with Gasteiger partial charge in [0.25, 0.3) is 0 Å². The van der Waals surface area contributed by atoms with Gasteiger partial charge in [-0.15, -0.1) is 0 Å². The highest BCUT2D eigenvalue weighted by atomic mass is 15.2. The van der Waals surface area contributed by atoms with E-state index in [2.05, 4.69) is 467 Å². The maximum absolute atomic E-state index is 5.45. The highest BCUT2D eigenvalue weighted by molar-refractivity contribution is 6.16. The minimum absolute atomic E-state index is 0.637. The molecule has 0 bridgehead atoms. The summed E-state index contributed by atoms with van der Waals surface area (Å²) in [6.07, 6.45) is 0. The maximum Gasteiger partial charge on any atom is 0.235 e. The Labute approximate surface area is 725 Å². The normalized spacial score (nSPS) is 11.8. The molecule has 0 aliphatic rings. The topological polar surface area (TPSA) is 71.3 Å². The van der Waals surface area contributed by atoms with Crippen LogP contribution in [0.1, 0.15) is 0 Å². The number of nitrogens with zero attached hydrogens (tertiary/aromatic N) is 8. The fourth-order valence-corrected chi connectivity index (χ4v) is 19.9. The summed E-state index contributed by atoms with van der Waals surface area (Å²) >= 11 is 0. The molecule has 0 spiro atoms. The molecule has 0 atom stereocenters. The van der Waals surface area contributed by atoms with Crippen LogP contribution in [0.3, 0.4) is 0 Å². The second kappa shape index (κ2) is 29.5. The number of hydrogen-bond donors (Lipinski definition) is 0. The van der Waals surface area contributed by atoms with Crippen molar-refractivity contribution in [1.29, 1.82) is 0 Å². The maximum atomic E-state index is 5.45. The van der Waals surface area contributed by atoms with Crippen molar-refractivity contribution >= 4 is 141 Å². The predicted octanol–water partition coefficient (Wildman–Crippen LogP) is 30.8. The Balaban J connectivity index is 0.000000137. The Morgan fingerprint density at radius 1 is 0.143 bits per heavy atom. The van der Waals surface area contributed by atoms with Gasteiger partial charge >= 0.3 is 0 Å². The van der Waals surface area contributed by atoms with Gasteiger partial charge in [-0.1, -0.05) is 346 Å². The van der Waals surface area contributed by atoms with Crippen LogP contribution in [0, 0.1) is 0 Å². The van der Waals surface area contributed by atoms with Crippen molar-refractivity contribution < 1.29 is 0 Å². The summed E-state index contributed by atoms with van der Waals surface area (Å²) in [7, 11) is 0. The molecule has 0 amide bonds. The first kappa shape index (κ1) is 71.9. The molecule has 586 valence electrons. The van der Waals surface area contributed by atoms with Gasteiger partial charge in [-0.05, 0) is 185 Å². The SMILES string of the molecule is c1ccc(-c2cccc(-n3c4ccccc4c4cc(-c5ccc6c(c5)c5ccccc5n6-c5nc(-c6cccc7ccccc67)cc(-c6cccc7ccccc67)n5)ccc43)c2)cc1.c1ccc2c(-c3cc(-c4cccc5ccccc45)nc(-n4c5ccccc5c5cc(-c6ccc7c(c6)c6ccccc6n7-c6cccc7ccccc67)ccc54)n3)cccc2c1. The Bertz CT molecular complexity index is 8730. The van der Waals surface area contributed by atoms with Crippen molar-refractivity contribution in [3.05, 3.63) is 449 Å². The summed E-state index contributed by atoms with van der Waals surface area (Å²) in [5, 5.41) is 21.3. The molecule has 26 rings (SSSR count). The van der Waals surface area contributed by atoms with E-state index in [1.165, 1.54) is 104 Å². The summed E-state index contributed by atoms with van der Waals surface area (Å²) < 4.78 is 9.32. The van der Waals surface area contributed by atoms with Crippen molar-refractivity contribution in [2.75, 3.05) is 0 Å². The van der Waals surface area contributed by atoms with Gasteiger partial charge in [0.05, 0.1) is 72.6 Å². The lowest BCUT2D eigenvalue weighted by molar-refractivity contribution is 0.996. The van der Waals surface area contributed by atoms with E-state index in [1.54, 1.807) is 0 Å². The average Bonchev–Trinajstić information content (AvgIpc) is 1.57. The third-order valence-corrected chi connectivity index (χ3v) is 25.7. The molecule has 26 aromatic rings. The van der Waals surface area contributed by atoms with Gasteiger partial charge in [-0.3, -0.25) is 9.13 Å². The van der Waals surface area contributed by atoms with Crippen LogP contribution < -0.4 is 0 Å². The molecule has 0 saturated heterocycles. The van der Waals surface area contributed by atoms with Crippen molar-refractivity contribution in [2.45, 2.75) is 0 Å². The summed E-state index contributed by atoms with van der Waals surface area (Å²) in [5.41, 5.74) is 26.2. The van der Waals surface area contributed by atoms with Crippen molar-refractivity contribution in [3.63, 3.8) is 0 Å². The predicted molar refractivity (Wildman–Crippen MR) is 527 cm³/mol. The van der Waals surface area contributed by atoms with Crippen LogP contribution in [0.4, 0.5) is 0 Å². The fourth-order valence-electron chi connectivity index (χ4n) is 19.9. The molecule has 8 nitrogen and oxygen atoms in total. The second-order valence-electron chi connectivity index (χ2n) is 32.7. The number of para-hydroxylation sites is 4. The third-order valence-electron chi connectivity index (χ3n) is 25.7. The standard InChI is InChI=1S/C60H38N4.C58H36N4/c1-2-15-39(16-3-1)42-21-12-22-45(35-42)63-56-29-10-8-25-50(56)52-36-43(31-33-58(52)63)44-32-34-59-53(37-44)51-26-9-11-30-57(51)64(59)60-61-54(48-27-13-19-40-17-4-6-23-46(40)48)38-55(62-60)49-28-14-20-41-18-5-7-24-47(41)49;1-4-20-42-37(14-1)17-11-25-45(42)51-36-52(46-26-12-18-38-15-2-5-21-43(38)46)60-58(59-51)62-55-28-10-8-24-48(55)50-35-41(31-33-57(50)62)40-30-32-56-49(34-40)47-23-7-9-27-54(47)61(56)53-29-13-19-39-16-3-6-22-44(39)53/h1-38H;1-36H. The van der Waals surface area contributed by atoms with E-state index < -0.39 is 0 Å². The number of aromatic nitrogens is 8. The highest BCUT2D eigenvalue weighted by Gasteiger charge is 2.25. The molecule has 0 unspecified atom stereocenters. The Hall–Kier alpha value is -16.9. The molecule has 20 aromatic carbocycles. The van der Waals surface area contributed by atoms with E-state index >= 15 is 0 Å². The number of fused-ring (bicyclic) bond motifs is 17. The summed E-state index contributed by atoms with van der Waals surface area (Å²) in [4.78, 5) is 21.8. The fraction of sp³-hybridized carbons (Fsp3) is 0. The lowest BCUT2D eigenvalue weighted by Gasteiger charge is -2.14. The van der Waals surface area contributed by atoms with Gasteiger partial charge in [0, 0.05) is 76.4 Å². The van der Waals surface area contributed by atoms with Crippen LogP contribution in [0.5, 0.6) is 0 Å². The summed E-state index contributed by atoms with van der Waals surface area (Å²) in [6, 6.07) is 161. The van der Waals surface area contributed by atoms with Crippen LogP contribution in [-0.2, 0) is 0 Å². The zero-order valence-corrected chi connectivity index (χ0v) is 68.3. The van der Waals surface area contributed by atoms with Crippen LogP contribution >= 0.6 is 0 Å². The van der Waals surface area contributed by atoms with Gasteiger partial charge in [0.1, 0.15) is 0 Å².